The summed E-state index contributed by atoms with van der Waals surface area (Å²) in [5, 5.41) is 21.2. The summed E-state index contributed by atoms with van der Waals surface area (Å²) in [6, 6.07) is 13.1. The fraction of sp³-hybridized carbons (Fsp3) is 0.222. The minimum Gasteiger partial charge on any atom is -0.478 e. The predicted octanol–water partition coefficient (Wildman–Crippen LogP) is 3.29. The van der Waals surface area contributed by atoms with Gasteiger partial charge in [0.1, 0.15) is 0 Å². The number of tetrazole rings is 1. The number of nitrogens with zero attached hydrogens (tertiary/aromatic N) is 4. The summed E-state index contributed by atoms with van der Waals surface area (Å²) in [6.07, 6.45) is 1.63. The SMILES string of the molecule is CCCc1nnnn1-c1cc(C(=O)O)cc(-c2ccc(C)cc2)c1. The van der Waals surface area contributed by atoms with Gasteiger partial charge in [0.25, 0.3) is 0 Å². The van der Waals surface area contributed by atoms with Crippen LogP contribution in [0.3, 0.4) is 0 Å². The maximum absolute atomic E-state index is 11.5. The van der Waals surface area contributed by atoms with Crippen molar-refractivity contribution in [3.05, 3.63) is 59.4 Å². The van der Waals surface area contributed by atoms with Crippen molar-refractivity contribution in [2.45, 2.75) is 26.7 Å². The van der Waals surface area contributed by atoms with Crippen LogP contribution in [0.15, 0.2) is 42.5 Å². The van der Waals surface area contributed by atoms with E-state index < -0.39 is 5.97 Å². The third-order valence-corrected chi connectivity index (χ3v) is 3.80. The van der Waals surface area contributed by atoms with E-state index in [1.807, 2.05) is 44.2 Å². The van der Waals surface area contributed by atoms with E-state index in [1.54, 1.807) is 16.8 Å². The molecule has 0 fully saturated rings. The largest absolute Gasteiger partial charge is 0.478 e. The van der Waals surface area contributed by atoms with Crippen molar-refractivity contribution in [1.29, 1.82) is 0 Å². The molecule has 0 saturated heterocycles. The Balaban J connectivity index is 2.14. The van der Waals surface area contributed by atoms with E-state index in [4.69, 9.17) is 0 Å². The van der Waals surface area contributed by atoms with Crippen LogP contribution in [-0.2, 0) is 6.42 Å². The van der Waals surface area contributed by atoms with Crippen LogP contribution >= 0.6 is 0 Å². The molecule has 1 heterocycles. The number of aryl methyl sites for hydroxylation is 2. The number of carbonyl (C=O) groups is 1. The van der Waals surface area contributed by atoms with E-state index in [-0.39, 0.29) is 5.56 Å². The van der Waals surface area contributed by atoms with Gasteiger partial charge in [0.05, 0.1) is 11.3 Å². The number of aromatic carboxylic acids is 1. The molecule has 0 atom stereocenters. The fourth-order valence-corrected chi connectivity index (χ4v) is 2.56. The Morgan fingerprint density at radius 3 is 2.54 bits per heavy atom. The highest BCUT2D eigenvalue weighted by Crippen LogP contribution is 2.25. The van der Waals surface area contributed by atoms with Crippen LogP contribution in [0.4, 0.5) is 0 Å². The molecular formula is C18H18N4O2. The van der Waals surface area contributed by atoms with Crippen molar-refractivity contribution >= 4 is 5.97 Å². The van der Waals surface area contributed by atoms with Gasteiger partial charge in [-0.3, -0.25) is 0 Å². The Bertz CT molecular complexity index is 869. The zero-order valence-corrected chi connectivity index (χ0v) is 13.6. The van der Waals surface area contributed by atoms with Crippen molar-refractivity contribution in [2.75, 3.05) is 0 Å². The second-order valence-electron chi connectivity index (χ2n) is 5.70. The van der Waals surface area contributed by atoms with E-state index in [0.717, 1.165) is 35.4 Å². The maximum Gasteiger partial charge on any atom is 0.335 e. The molecule has 0 saturated carbocycles. The summed E-state index contributed by atoms with van der Waals surface area (Å²) in [7, 11) is 0. The molecule has 0 bridgehead atoms. The van der Waals surface area contributed by atoms with Crippen molar-refractivity contribution < 1.29 is 9.90 Å². The first-order chi connectivity index (χ1) is 11.6. The lowest BCUT2D eigenvalue weighted by Crippen LogP contribution is -2.06. The molecular weight excluding hydrogens is 304 g/mol. The van der Waals surface area contributed by atoms with E-state index >= 15 is 0 Å². The Labute approximate surface area is 139 Å². The summed E-state index contributed by atoms with van der Waals surface area (Å²) >= 11 is 0. The molecule has 0 amide bonds. The van der Waals surface area contributed by atoms with Crippen LogP contribution in [0.25, 0.3) is 16.8 Å². The van der Waals surface area contributed by atoms with Gasteiger partial charge in [-0.2, -0.15) is 4.68 Å². The number of carboxylic acids is 1. The summed E-state index contributed by atoms with van der Waals surface area (Å²) in [5.74, 6) is -0.259. The van der Waals surface area contributed by atoms with Gasteiger partial charge in [-0.1, -0.05) is 36.8 Å². The summed E-state index contributed by atoms with van der Waals surface area (Å²) in [5.41, 5.74) is 3.79. The first-order valence-electron chi connectivity index (χ1n) is 7.81. The summed E-state index contributed by atoms with van der Waals surface area (Å²) < 4.78 is 1.60. The number of hydrogen-bond donors (Lipinski definition) is 1. The molecule has 0 aliphatic heterocycles. The number of carboxylic acid groups (broad SMARTS) is 1. The van der Waals surface area contributed by atoms with E-state index in [1.165, 1.54) is 0 Å². The lowest BCUT2D eigenvalue weighted by atomic mass is 10.0. The minimum atomic E-state index is -0.977. The van der Waals surface area contributed by atoms with E-state index in [9.17, 15) is 9.90 Å². The first kappa shape index (κ1) is 15.9. The second kappa shape index (κ2) is 6.62. The molecule has 2 aromatic carbocycles. The lowest BCUT2D eigenvalue weighted by molar-refractivity contribution is 0.0697. The maximum atomic E-state index is 11.5. The molecule has 0 aliphatic carbocycles. The Morgan fingerprint density at radius 2 is 1.88 bits per heavy atom. The molecule has 3 aromatic rings. The summed E-state index contributed by atoms with van der Waals surface area (Å²) in [4.78, 5) is 11.5. The zero-order valence-electron chi connectivity index (χ0n) is 13.6. The quantitative estimate of drug-likeness (QED) is 0.779. The van der Waals surface area contributed by atoms with Gasteiger partial charge in [0.2, 0.25) is 0 Å². The molecule has 122 valence electrons. The van der Waals surface area contributed by atoms with Crippen LogP contribution < -0.4 is 0 Å². The minimum absolute atomic E-state index is 0.209. The van der Waals surface area contributed by atoms with Crippen molar-refractivity contribution in [3.63, 3.8) is 0 Å². The molecule has 6 heteroatoms. The van der Waals surface area contributed by atoms with Gasteiger partial charge in [-0.05, 0) is 53.1 Å². The van der Waals surface area contributed by atoms with E-state index in [2.05, 4.69) is 15.5 Å². The number of rotatable bonds is 5. The Hall–Kier alpha value is -3.02. The van der Waals surface area contributed by atoms with Crippen LogP contribution in [0.5, 0.6) is 0 Å². The molecule has 0 spiro atoms. The molecule has 1 N–H and O–H groups in total. The van der Waals surface area contributed by atoms with Crippen molar-refractivity contribution in [3.8, 4) is 16.8 Å². The Kier molecular flexibility index (Phi) is 4.37. The molecule has 3 rings (SSSR count). The van der Waals surface area contributed by atoms with Gasteiger partial charge >= 0.3 is 5.97 Å². The number of hydrogen-bond acceptors (Lipinski definition) is 4. The second-order valence-corrected chi connectivity index (χ2v) is 5.70. The number of aromatic nitrogens is 4. The molecule has 6 nitrogen and oxygen atoms in total. The summed E-state index contributed by atoms with van der Waals surface area (Å²) in [6.45, 7) is 4.06. The standard InChI is InChI=1S/C18H18N4O2/c1-3-4-17-19-20-21-22(17)16-10-14(9-15(11-16)18(23)24)13-7-5-12(2)6-8-13/h5-11H,3-4H2,1-2H3,(H,23,24). The molecule has 0 radical (unpaired) electrons. The predicted molar refractivity (Wildman–Crippen MR) is 90.3 cm³/mol. The van der Waals surface area contributed by atoms with Crippen LogP contribution in [-0.4, -0.2) is 31.3 Å². The van der Waals surface area contributed by atoms with Crippen molar-refractivity contribution in [2.24, 2.45) is 0 Å². The highest BCUT2D eigenvalue weighted by molar-refractivity contribution is 5.90. The van der Waals surface area contributed by atoms with Crippen molar-refractivity contribution in [1.82, 2.24) is 20.2 Å². The van der Waals surface area contributed by atoms with Gasteiger partial charge in [0, 0.05) is 6.42 Å². The number of benzene rings is 2. The highest BCUT2D eigenvalue weighted by atomic mass is 16.4. The average molecular weight is 322 g/mol. The lowest BCUT2D eigenvalue weighted by Gasteiger charge is -2.09. The molecule has 1 aromatic heterocycles. The smallest absolute Gasteiger partial charge is 0.335 e. The third kappa shape index (κ3) is 3.17. The average Bonchev–Trinajstić information content (AvgIpc) is 3.04. The molecule has 0 unspecified atom stereocenters. The van der Waals surface area contributed by atoms with Gasteiger partial charge in [-0.15, -0.1) is 5.10 Å². The van der Waals surface area contributed by atoms with Gasteiger partial charge in [-0.25, -0.2) is 4.79 Å². The third-order valence-electron chi connectivity index (χ3n) is 3.80. The van der Waals surface area contributed by atoms with Gasteiger partial charge in [0.15, 0.2) is 5.82 Å². The fourth-order valence-electron chi connectivity index (χ4n) is 2.56. The molecule has 24 heavy (non-hydrogen) atoms. The van der Waals surface area contributed by atoms with Crippen LogP contribution in [0, 0.1) is 6.92 Å². The molecule has 0 aliphatic rings. The van der Waals surface area contributed by atoms with Gasteiger partial charge < -0.3 is 5.11 Å². The Morgan fingerprint density at radius 1 is 1.12 bits per heavy atom. The monoisotopic (exact) mass is 322 g/mol. The van der Waals surface area contributed by atoms with Crippen LogP contribution in [0.1, 0.15) is 35.1 Å². The normalized spacial score (nSPS) is 10.8. The topological polar surface area (TPSA) is 80.9 Å². The zero-order chi connectivity index (χ0) is 17.1. The highest BCUT2D eigenvalue weighted by Gasteiger charge is 2.13. The van der Waals surface area contributed by atoms with Crippen LogP contribution in [0.2, 0.25) is 0 Å². The van der Waals surface area contributed by atoms with E-state index in [0.29, 0.717) is 5.69 Å². The first-order valence-corrected chi connectivity index (χ1v) is 7.81.